The molecule has 8 heteroatoms. The van der Waals surface area contributed by atoms with Gasteiger partial charge in [0, 0.05) is 32.7 Å². The van der Waals surface area contributed by atoms with Crippen LogP contribution < -0.4 is 9.64 Å². The second-order valence-corrected chi connectivity index (χ2v) is 7.93. The van der Waals surface area contributed by atoms with E-state index >= 15 is 0 Å². The van der Waals surface area contributed by atoms with Crippen LogP contribution in [0.1, 0.15) is 11.1 Å². The number of nitrogens with zero attached hydrogens (tertiary/aromatic N) is 3. The highest BCUT2D eigenvalue weighted by molar-refractivity contribution is 7.22. The molecule has 4 rings (SSSR count). The van der Waals surface area contributed by atoms with E-state index in [1.54, 1.807) is 23.5 Å². The number of alkyl halides is 3. The maximum atomic E-state index is 12.2. The number of aromatic nitrogens is 1. The van der Waals surface area contributed by atoms with Crippen molar-refractivity contribution in [2.75, 3.05) is 31.1 Å². The lowest BCUT2D eigenvalue weighted by molar-refractivity contribution is -0.274. The summed E-state index contributed by atoms with van der Waals surface area (Å²) in [5.74, 6) is -0.188. The lowest BCUT2D eigenvalue weighted by Crippen LogP contribution is -2.45. The summed E-state index contributed by atoms with van der Waals surface area (Å²) in [7, 11) is 0. The van der Waals surface area contributed by atoms with Gasteiger partial charge in [-0.3, -0.25) is 4.90 Å². The smallest absolute Gasteiger partial charge is 0.406 e. The number of thiazole rings is 1. The van der Waals surface area contributed by atoms with E-state index in [-0.39, 0.29) is 5.75 Å². The summed E-state index contributed by atoms with van der Waals surface area (Å²) in [6.07, 6.45) is -4.66. The summed E-state index contributed by atoms with van der Waals surface area (Å²) >= 11 is 1.72. The van der Waals surface area contributed by atoms with Crippen LogP contribution in [0.15, 0.2) is 42.5 Å². The molecule has 0 amide bonds. The normalized spacial score (nSPS) is 15.9. The Balaban J connectivity index is 1.33. The summed E-state index contributed by atoms with van der Waals surface area (Å²) < 4.78 is 41.8. The Morgan fingerprint density at radius 3 is 2.43 bits per heavy atom. The fourth-order valence-electron chi connectivity index (χ4n) is 3.31. The third-order valence-corrected chi connectivity index (χ3v) is 5.82. The molecule has 0 bridgehead atoms. The van der Waals surface area contributed by atoms with Gasteiger partial charge in [-0.1, -0.05) is 29.5 Å². The van der Waals surface area contributed by atoms with Crippen molar-refractivity contribution in [1.29, 1.82) is 0 Å². The van der Waals surface area contributed by atoms with Crippen LogP contribution >= 0.6 is 11.3 Å². The second kappa shape index (κ2) is 7.60. The van der Waals surface area contributed by atoms with E-state index in [1.807, 2.05) is 0 Å². The Kier molecular flexibility index (Phi) is 5.16. The maximum Gasteiger partial charge on any atom is 0.573 e. The minimum atomic E-state index is -4.66. The van der Waals surface area contributed by atoms with Crippen LogP contribution in [-0.2, 0) is 6.54 Å². The van der Waals surface area contributed by atoms with Crippen molar-refractivity contribution in [2.24, 2.45) is 0 Å². The van der Waals surface area contributed by atoms with Crippen LogP contribution in [-0.4, -0.2) is 42.4 Å². The number of hydrogen-bond donors (Lipinski definition) is 0. The van der Waals surface area contributed by atoms with Gasteiger partial charge in [-0.15, -0.1) is 13.2 Å². The summed E-state index contributed by atoms with van der Waals surface area (Å²) in [6.45, 7) is 6.33. The van der Waals surface area contributed by atoms with Crippen LogP contribution in [0, 0.1) is 6.92 Å². The summed E-state index contributed by atoms with van der Waals surface area (Å²) in [5, 5.41) is 1.05. The molecule has 0 saturated carbocycles. The third kappa shape index (κ3) is 4.56. The fraction of sp³-hybridized carbons (Fsp3) is 0.350. The van der Waals surface area contributed by atoms with E-state index in [0.717, 1.165) is 42.4 Å². The van der Waals surface area contributed by atoms with Gasteiger partial charge in [-0.05, 0) is 42.3 Å². The molecule has 1 aliphatic rings. The fourth-order valence-corrected chi connectivity index (χ4v) is 4.42. The SMILES string of the molecule is Cc1ccc2nc(N3CCN(Cc4ccc(OC(F)(F)F)cc4)CC3)sc2c1. The number of piperazine rings is 1. The number of anilines is 1. The van der Waals surface area contributed by atoms with Crippen molar-refractivity contribution >= 4 is 26.7 Å². The lowest BCUT2D eigenvalue weighted by atomic mass is 10.2. The number of benzene rings is 2. The molecule has 0 unspecified atom stereocenters. The Bertz CT molecular complexity index is 947. The molecule has 0 spiro atoms. The van der Waals surface area contributed by atoms with Crippen LogP contribution in [0.2, 0.25) is 0 Å². The molecule has 0 radical (unpaired) electrons. The van der Waals surface area contributed by atoms with Gasteiger partial charge in [0.15, 0.2) is 5.13 Å². The molecule has 0 N–H and O–H groups in total. The number of ether oxygens (including phenoxy) is 1. The Morgan fingerprint density at radius 2 is 1.75 bits per heavy atom. The van der Waals surface area contributed by atoms with Gasteiger partial charge in [0.25, 0.3) is 0 Å². The number of halogens is 3. The molecular weight excluding hydrogens is 387 g/mol. The molecule has 2 heterocycles. The molecule has 3 aromatic rings. The van der Waals surface area contributed by atoms with Crippen LogP contribution in [0.4, 0.5) is 18.3 Å². The number of aryl methyl sites for hydroxylation is 1. The van der Waals surface area contributed by atoms with Gasteiger partial charge < -0.3 is 9.64 Å². The van der Waals surface area contributed by atoms with Crippen LogP contribution in [0.3, 0.4) is 0 Å². The Labute approximate surface area is 165 Å². The zero-order valence-electron chi connectivity index (χ0n) is 15.4. The van der Waals surface area contributed by atoms with Gasteiger partial charge in [-0.2, -0.15) is 0 Å². The molecule has 0 atom stereocenters. The van der Waals surface area contributed by atoms with Gasteiger partial charge >= 0.3 is 6.36 Å². The summed E-state index contributed by atoms with van der Waals surface area (Å²) in [6, 6.07) is 12.4. The van der Waals surface area contributed by atoms with Gasteiger partial charge in [-0.25, -0.2) is 4.98 Å². The van der Waals surface area contributed by atoms with Crippen molar-refractivity contribution in [3.05, 3.63) is 53.6 Å². The van der Waals surface area contributed by atoms with Crippen molar-refractivity contribution < 1.29 is 17.9 Å². The Morgan fingerprint density at radius 1 is 1.04 bits per heavy atom. The van der Waals surface area contributed by atoms with Crippen molar-refractivity contribution in [2.45, 2.75) is 19.8 Å². The van der Waals surface area contributed by atoms with Crippen molar-refractivity contribution in [3.63, 3.8) is 0 Å². The predicted octanol–water partition coefficient (Wildman–Crippen LogP) is 4.83. The first-order valence-corrected chi connectivity index (χ1v) is 9.86. The molecular formula is C20H20F3N3OS. The van der Waals surface area contributed by atoms with E-state index in [1.165, 1.54) is 22.4 Å². The number of fused-ring (bicyclic) bond motifs is 1. The minimum Gasteiger partial charge on any atom is -0.406 e. The highest BCUT2D eigenvalue weighted by atomic mass is 32.1. The van der Waals surface area contributed by atoms with E-state index in [2.05, 4.69) is 39.7 Å². The highest BCUT2D eigenvalue weighted by Gasteiger charge is 2.31. The molecule has 1 aromatic heterocycles. The van der Waals surface area contributed by atoms with E-state index in [9.17, 15) is 13.2 Å². The molecule has 28 heavy (non-hydrogen) atoms. The highest BCUT2D eigenvalue weighted by Crippen LogP contribution is 2.30. The molecule has 2 aromatic carbocycles. The predicted molar refractivity (Wildman–Crippen MR) is 105 cm³/mol. The van der Waals surface area contributed by atoms with Crippen LogP contribution in [0.25, 0.3) is 10.2 Å². The zero-order valence-corrected chi connectivity index (χ0v) is 16.2. The third-order valence-electron chi connectivity index (χ3n) is 4.74. The van der Waals surface area contributed by atoms with E-state index in [4.69, 9.17) is 4.98 Å². The molecule has 1 aliphatic heterocycles. The summed E-state index contributed by atoms with van der Waals surface area (Å²) in [5.41, 5.74) is 3.24. The van der Waals surface area contributed by atoms with E-state index < -0.39 is 6.36 Å². The molecule has 4 nitrogen and oxygen atoms in total. The number of hydrogen-bond acceptors (Lipinski definition) is 5. The average Bonchev–Trinajstić information content (AvgIpc) is 3.06. The minimum absolute atomic E-state index is 0.188. The van der Waals surface area contributed by atoms with E-state index in [0.29, 0.717) is 6.54 Å². The topological polar surface area (TPSA) is 28.6 Å². The largest absolute Gasteiger partial charge is 0.573 e. The first-order valence-electron chi connectivity index (χ1n) is 9.05. The first kappa shape index (κ1) is 19.0. The van der Waals surface area contributed by atoms with Crippen molar-refractivity contribution in [3.8, 4) is 5.75 Å². The molecule has 0 aliphatic carbocycles. The monoisotopic (exact) mass is 407 g/mol. The second-order valence-electron chi connectivity index (χ2n) is 6.92. The standard InChI is InChI=1S/C20H20F3N3OS/c1-14-2-7-17-18(12-14)28-19(24-17)26-10-8-25(9-11-26)13-15-3-5-16(6-4-15)27-20(21,22)23/h2-7,12H,8-11,13H2,1H3. The molecule has 1 saturated heterocycles. The van der Waals surface area contributed by atoms with Gasteiger partial charge in [0.2, 0.25) is 0 Å². The molecule has 1 fully saturated rings. The lowest BCUT2D eigenvalue weighted by Gasteiger charge is -2.34. The quantitative estimate of drug-likeness (QED) is 0.620. The molecule has 148 valence electrons. The van der Waals surface area contributed by atoms with Gasteiger partial charge in [0.1, 0.15) is 5.75 Å². The van der Waals surface area contributed by atoms with Crippen LogP contribution in [0.5, 0.6) is 5.75 Å². The zero-order chi connectivity index (χ0) is 19.7. The number of rotatable bonds is 4. The first-order chi connectivity index (χ1) is 13.4. The summed E-state index contributed by atoms with van der Waals surface area (Å²) in [4.78, 5) is 9.35. The van der Waals surface area contributed by atoms with Gasteiger partial charge in [0.05, 0.1) is 10.2 Å². The Hall–Kier alpha value is -2.32. The van der Waals surface area contributed by atoms with Crippen molar-refractivity contribution in [1.82, 2.24) is 9.88 Å². The average molecular weight is 407 g/mol. The maximum absolute atomic E-state index is 12.2.